The Balaban J connectivity index is 1.87. The molecule has 2 aromatic rings. The van der Waals surface area contributed by atoms with Gasteiger partial charge in [0.15, 0.2) is 0 Å². The number of rotatable bonds is 6. The predicted octanol–water partition coefficient (Wildman–Crippen LogP) is 3.04. The number of pyridine rings is 1. The fourth-order valence-electron chi connectivity index (χ4n) is 2.34. The lowest BCUT2D eigenvalue weighted by atomic mass is 10.1. The highest BCUT2D eigenvalue weighted by molar-refractivity contribution is 5.74. The number of para-hydroxylation sites is 1. The molecule has 0 aliphatic rings. The van der Waals surface area contributed by atoms with E-state index in [-0.39, 0.29) is 12.1 Å². The first-order valence-electron chi connectivity index (χ1n) is 7.67. The van der Waals surface area contributed by atoms with Crippen molar-refractivity contribution >= 4 is 6.03 Å². The van der Waals surface area contributed by atoms with Gasteiger partial charge in [-0.15, -0.1) is 0 Å². The number of benzene rings is 1. The molecule has 122 valence electrons. The number of hydrogen-bond acceptors (Lipinski definition) is 3. The van der Waals surface area contributed by atoms with E-state index in [4.69, 9.17) is 4.74 Å². The molecule has 1 aromatic carbocycles. The van der Waals surface area contributed by atoms with E-state index in [0.29, 0.717) is 6.54 Å². The molecular weight excluding hydrogens is 290 g/mol. The Morgan fingerprint density at radius 1 is 1.26 bits per heavy atom. The quantitative estimate of drug-likeness (QED) is 0.892. The lowest BCUT2D eigenvalue weighted by Gasteiger charge is -2.24. The largest absolute Gasteiger partial charge is 0.496 e. The van der Waals surface area contributed by atoms with Crippen LogP contribution in [0.5, 0.6) is 5.75 Å². The van der Waals surface area contributed by atoms with Gasteiger partial charge in [-0.3, -0.25) is 4.98 Å². The summed E-state index contributed by atoms with van der Waals surface area (Å²) < 4.78 is 5.31. The minimum Gasteiger partial charge on any atom is -0.496 e. The maximum Gasteiger partial charge on any atom is 0.317 e. The molecule has 1 unspecified atom stereocenters. The maximum atomic E-state index is 12.3. The van der Waals surface area contributed by atoms with Gasteiger partial charge in [0.2, 0.25) is 0 Å². The van der Waals surface area contributed by atoms with Gasteiger partial charge >= 0.3 is 6.03 Å². The van der Waals surface area contributed by atoms with Crippen LogP contribution in [-0.4, -0.2) is 36.6 Å². The van der Waals surface area contributed by atoms with Gasteiger partial charge < -0.3 is 15.0 Å². The second-order valence-electron chi connectivity index (χ2n) is 5.34. The van der Waals surface area contributed by atoms with Crippen molar-refractivity contribution in [3.8, 4) is 5.75 Å². The summed E-state index contributed by atoms with van der Waals surface area (Å²) in [5.74, 6) is 0.844. The van der Waals surface area contributed by atoms with Gasteiger partial charge in [0.1, 0.15) is 5.75 Å². The molecule has 0 spiro atoms. The highest BCUT2D eigenvalue weighted by Crippen LogP contribution is 2.18. The molecule has 0 saturated heterocycles. The maximum absolute atomic E-state index is 12.3. The first-order chi connectivity index (χ1) is 11.1. The Hall–Kier alpha value is -2.56. The lowest BCUT2D eigenvalue weighted by Crippen LogP contribution is -2.39. The van der Waals surface area contributed by atoms with Crippen LogP contribution in [0.2, 0.25) is 0 Å². The third kappa shape index (κ3) is 4.45. The molecule has 0 saturated carbocycles. The molecule has 2 rings (SSSR count). The number of aromatic nitrogens is 1. The fraction of sp³-hybridized carbons (Fsp3) is 0.333. The SMILES string of the molecule is COc1ccccc1CCNC(=O)N(C)C(C)c1ccccn1. The number of carbonyl (C=O) groups excluding carboxylic acids is 1. The third-order valence-corrected chi connectivity index (χ3v) is 3.88. The smallest absolute Gasteiger partial charge is 0.317 e. The Morgan fingerprint density at radius 3 is 2.70 bits per heavy atom. The van der Waals surface area contributed by atoms with Crippen molar-refractivity contribution in [2.45, 2.75) is 19.4 Å². The summed E-state index contributed by atoms with van der Waals surface area (Å²) in [6, 6.07) is 13.3. The van der Waals surface area contributed by atoms with E-state index in [2.05, 4.69) is 10.3 Å². The topological polar surface area (TPSA) is 54.5 Å². The van der Waals surface area contributed by atoms with E-state index >= 15 is 0 Å². The molecule has 1 heterocycles. The summed E-state index contributed by atoms with van der Waals surface area (Å²) in [5, 5.41) is 2.94. The molecule has 23 heavy (non-hydrogen) atoms. The summed E-state index contributed by atoms with van der Waals surface area (Å²) in [4.78, 5) is 18.2. The van der Waals surface area contributed by atoms with Crippen LogP contribution in [-0.2, 0) is 6.42 Å². The van der Waals surface area contributed by atoms with Crippen LogP contribution in [0.1, 0.15) is 24.2 Å². The Morgan fingerprint density at radius 2 is 2.00 bits per heavy atom. The monoisotopic (exact) mass is 313 g/mol. The molecular formula is C18H23N3O2. The molecule has 1 aromatic heterocycles. The summed E-state index contributed by atoms with van der Waals surface area (Å²) in [6.07, 6.45) is 2.46. The number of ether oxygens (including phenoxy) is 1. The Kier molecular flexibility index (Phi) is 5.97. The Bertz CT molecular complexity index is 631. The highest BCUT2D eigenvalue weighted by atomic mass is 16.5. The zero-order chi connectivity index (χ0) is 16.7. The van der Waals surface area contributed by atoms with Crippen molar-refractivity contribution in [1.82, 2.24) is 15.2 Å². The van der Waals surface area contributed by atoms with Crippen LogP contribution >= 0.6 is 0 Å². The van der Waals surface area contributed by atoms with E-state index < -0.39 is 0 Å². The Labute approximate surface area is 137 Å². The van der Waals surface area contributed by atoms with E-state index in [0.717, 1.165) is 23.4 Å². The predicted molar refractivity (Wildman–Crippen MR) is 90.5 cm³/mol. The zero-order valence-electron chi connectivity index (χ0n) is 13.8. The van der Waals surface area contributed by atoms with E-state index in [1.165, 1.54) is 0 Å². The molecule has 0 radical (unpaired) electrons. The number of hydrogen-bond donors (Lipinski definition) is 1. The minimum absolute atomic E-state index is 0.0811. The number of nitrogens with zero attached hydrogens (tertiary/aromatic N) is 2. The first-order valence-corrected chi connectivity index (χ1v) is 7.67. The standard InChI is InChI=1S/C18H23N3O2/c1-14(16-9-6-7-12-19-16)21(2)18(22)20-13-11-15-8-4-5-10-17(15)23-3/h4-10,12,14H,11,13H2,1-3H3,(H,20,22). The van der Waals surface area contributed by atoms with Crippen molar-refractivity contribution in [2.24, 2.45) is 0 Å². The van der Waals surface area contributed by atoms with Crippen LogP contribution < -0.4 is 10.1 Å². The number of amides is 2. The van der Waals surface area contributed by atoms with Crippen molar-refractivity contribution in [3.63, 3.8) is 0 Å². The van der Waals surface area contributed by atoms with Gasteiger partial charge in [0.05, 0.1) is 18.8 Å². The average molecular weight is 313 g/mol. The van der Waals surface area contributed by atoms with Crippen molar-refractivity contribution < 1.29 is 9.53 Å². The van der Waals surface area contributed by atoms with Gasteiger partial charge in [0, 0.05) is 19.8 Å². The second-order valence-corrected chi connectivity index (χ2v) is 5.34. The van der Waals surface area contributed by atoms with Gasteiger partial charge in [-0.1, -0.05) is 24.3 Å². The number of urea groups is 1. The molecule has 0 aliphatic carbocycles. The van der Waals surface area contributed by atoms with Crippen LogP contribution in [0, 0.1) is 0 Å². The molecule has 1 N–H and O–H groups in total. The average Bonchev–Trinajstić information content (AvgIpc) is 2.61. The lowest BCUT2D eigenvalue weighted by molar-refractivity contribution is 0.193. The van der Waals surface area contributed by atoms with Gasteiger partial charge in [0.25, 0.3) is 0 Å². The van der Waals surface area contributed by atoms with Gasteiger partial charge in [-0.05, 0) is 37.1 Å². The molecule has 0 bridgehead atoms. The molecule has 5 heteroatoms. The summed E-state index contributed by atoms with van der Waals surface area (Å²) in [7, 11) is 3.43. The van der Waals surface area contributed by atoms with E-state index in [1.54, 1.807) is 25.3 Å². The summed E-state index contributed by atoms with van der Waals surface area (Å²) in [6.45, 7) is 2.51. The van der Waals surface area contributed by atoms with E-state index in [1.807, 2.05) is 49.4 Å². The van der Waals surface area contributed by atoms with Crippen molar-refractivity contribution in [1.29, 1.82) is 0 Å². The zero-order valence-corrected chi connectivity index (χ0v) is 13.8. The third-order valence-electron chi connectivity index (χ3n) is 3.88. The summed E-state index contributed by atoms with van der Waals surface area (Å²) in [5.41, 5.74) is 1.95. The number of methoxy groups -OCH3 is 1. The number of carbonyl (C=O) groups is 1. The second kappa shape index (κ2) is 8.17. The van der Waals surface area contributed by atoms with E-state index in [9.17, 15) is 4.79 Å². The first kappa shape index (κ1) is 16.8. The highest BCUT2D eigenvalue weighted by Gasteiger charge is 2.17. The number of nitrogens with one attached hydrogen (secondary N) is 1. The summed E-state index contributed by atoms with van der Waals surface area (Å²) >= 11 is 0. The van der Waals surface area contributed by atoms with Gasteiger partial charge in [-0.25, -0.2) is 4.79 Å². The molecule has 0 fully saturated rings. The van der Waals surface area contributed by atoms with Crippen LogP contribution in [0.3, 0.4) is 0 Å². The molecule has 2 amide bonds. The molecule has 0 aliphatic heterocycles. The van der Waals surface area contributed by atoms with Crippen LogP contribution in [0.25, 0.3) is 0 Å². The van der Waals surface area contributed by atoms with Crippen LogP contribution in [0.4, 0.5) is 4.79 Å². The fourth-order valence-corrected chi connectivity index (χ4v) is 2.34. The molecule has 1 atom stereocenters. The van der Waals surface area contributed by atoms with Crippen LogP contribution in [0.15, 0.2) is 48.7 Å². The van der Waals surface area contributed by atoms with Crippen molar-refractivity contribution in [3.05, 3.63) is 59.9 Å². The normalized spacial score (nSPS) is 11.6. The molecule has 5 nitrogen and oxygen atoms in total. The minimum atomic E-state index is -0.113. The van der Waals surface area contributed by atoms with Crippen molar-refractivity contribution in [2.75, 3.05) is 20.7 Å². The van der Waals surface area contributed by atoms with Gasteiger partial charge in [-0.2, -0.15) is 0 Å².